The lowest BCUT2D eigenvalue weighted by molar-refractivity contribution is 0.414. The number of aryl methyl sites for hydroxylation is 1. The largest absolute Gasteiger partial charge is 0.497 e. The number of halogens is 1. The van der Waals surface area contributed by atoms with Crippen LogP contribution in [0.15, 0.2) is 21.0 Å². The van der Waals surface area contributed by atoms with Crippen molar-refractivity contribution in [2.45, 2.75) is 33.2 Å². The molecule has 0 saturated carbocycles. The Morgan fingerprint density at radius 3 is 2.79 bits per heavy atom. The third-order valence-electron chi connectivity index (χ3n) is 3.33. The molecule has 0 radical (unpaired) electrons. The molecule has 0 aliphatic carbocycles. The summed E-state index contributed by atoms with van der Waals surface area (Å²) in [6, 6.07) is 4.17. The number of rotatable bonds is 5. The van der Waals surface area contributed by atoms with E-state index in [9.17, 15) is 0 Å². The number of nitrogens with one attached hydrogen (secondary N) is 1. The third kappa shape index (κ3) is 2.79. The molecule has 0 spiro atoms. The summed E-state index contributed by atoms with van der Waals surface area (Å²) in [5, 5.41) is 4.56. The van der Waals surface area contributed by atoms with Gasteiger partial charge in [0.2, 0.25) is 0 Å². The van der Waals surface area contributed by atoms with Crippen LogP contribution in [0, 0.1) is 6.92 Å². The second-order valence-corrected chi connectivity index (χ2v) is 5.61. The van der Waals surface area contributed by atoms with E-state index >= 15 is 0 Å². The Morgan fingerprint density at radius 2 is 2.16 bits per heavy atom. The Bertz CT molecular complexity index is 577. The number of ether oxygens (including phenoxy) is 1. The average molecular weight is 326 g/mol. The predicted octanol–water partition coefficient (Wildman–Crippen LogP) is 4.57. The van der Waals surface area contributed by atoms with Crippen LogP contribution in [0.1, 0.15) is 37.6 Å². The van der Waals surface area contributed by atoms with Crippen molar-refractivity contribution in [3.63, 3.8) is 0 Å². The summed E-state index contributed by atoms with van der Waals surface area (Å²) in [6.45, 7) is 7.37. The van der Waals surface area contributed by atoms with Crippen molar-refractivity contribution in [2.75, 3.05) is 13.7 Å². The molecular formula is C15H20BrNO2. The van der Waals surface area contributed by atoms with Crippen molar-refractivity contribution in [1.29, 1.82) is 0 Å². The van der Waals surface area contributed by atoms with Crippen LogP contribution in [0.5, 0.6) is 5.75 Å². The van der Waals surface area contributed by atoms with Crippen LogP contribution in [0.3, 0.4) is 0 Å². The standard InChI is InChI=1S/C15H20BrNO2/c1-5-6-17-10(3)14-9(2)12-7-11(18-4)8-13(16)15(12)19-14/h7-8,10,17H,5-6H2,1-4H3. The fourth-order valence-corrected chi connectivity index (χ4v) is 2.77. The van der Waals surface area contributed by atoms with Gasteiger partial charge in [0.15, 0.2) is 0 Å². The molecule has 1 heterocycles. The quantitative estimate of drug-likeness (QED) is 0.874. The van der Waals surface area contributed by atoms with E-state index in [0.29, 0.717) is 0 Å². The smallest absolute Gasteiger partial charge is 0.149 e. The van der Waals surface area contributed by atoms with Crippen molar-refractivity contribution >= 4 is 26.9 Å². The maximum Gasteiger partial charge on any atom is 0.149 e. The Hall–Kier alpha value is -1.00. The summed E-state index contributed by atoms with van der Waals surface area (Å²) in [5.74, 6) is 1.83. The Labute approximate surface area is 122 Å². The van der Waals surface area contributed by atoms with Crippen LogP contribution >= 0.6 is 15.9 Å². The number of benzene rings is 1. The van der Waals surface area contributed by atoms with Crippen molar-refractivity contribution in [2.24, 2.45) is 0 Å². The molecule has 1 N–H and O–H groups in total. The first kappa shape index (κ1) is 14.4. The monoisotopic (exact) mass is 325 g/mol. The lowest BCUT2D eigenvalue weighted by Crippen LogP contribution is -2.19. The number of furan rings is 1. The predicted molar refractivity (Wildman–Crippen MR) is 81.9 cm³/mol. The molecule has 0 amide bonds. The van der Waals surface area contributed by atoms with Crippen molar-refractivity contribution < 1.29 is 9.15 Å². The average Bonchev–Trinajstić information content (AvgIpc) is 2.74. The molecule has 0 fully saturated rings. The molecule has 19 heavy (non-hydrogen) atoms. The van der Waals surface area contributed by atoms with Gasteiger partial charge in [0.25, 0.3) is 0 Å². The van der Waals surface area contributed by atoms with E-state index < -0.39 is 0 Å². The van der Waals surface area contributed by atoms with Crippen molar-refractivity contribution in [3.05, 3.63) is 27.9 Å². The Kier molecular flexibility index (Phi) is 4.53. The minimum Gasteiger partial charge on any atom is -0.497 e. The van der Waals surface area contributed by atoms with E-state index in [1.807, 2.05) is 12.1 Å². The fraction of sp³-hybridized carbons (Fsp3) is 0.467. The van der Waals surface area contributed by atoms with E-state index in [-0.39, 0.29) is 6.04 Å². The SMILES string of the molecule is CCCNC(C)c1oc2c(Br)cc(OC)cc2c1C. The first-order valence-corrected chi connectivity index (χ1v) is 7.37. The zero-order valence-electron chi connectivity index (χ0n) is 11.8. The van der Waals surface area contributed by atoms with Gasteiger partial charge < -0.3 is 14.5 Å². The van der Waals surface area contributed by atoms with Crippen molar-refractivity contribution in [3.8, 4) is 5.75 Å². The lowest BCUT2D eigenvalue weighted by atomic mass is 10.1. The molecule has 0 aliphatic heterocycles. The van der Waals surface area contributed by atoms with Gasteiger partial charge in [-0.05, 0) is 54.9 Å². The molecule has 1 aromatic carbocycles. The molecule has 1 aromatic heterocycles. The second kappa shape index (κ2) is 5.97. The summed E-state index contributed by atoms with van der Waals surface area (Å²) < 4.78 is 12.3. The van der Waals surface area contributed by atoms with E-state index in [4.69, 9.17) is 9.15 Å². The van der Waals surface area contributed by atoms with Crippen LogP contribution < -0.4 is 10.1 Å². The summed E-state index contributed by atoms with van der Waals surface area (Å²) in [7, 11) is 1.68. The highest BCUT2D eigenvalue weighted by atomic mass is 79.9. The van der Waals surface area contributed by atoms with Gasteiger partial charge in [0, 0.05) is 10.9 Å². The van der Waals surface area contributed by atoms with E-state index in [2.05, 4.69) is 42.0 Å². The maximum absolute atomic E-state index is 6.02. The fourth-order valence-electron chi connectivity index (χ4n) is 2.25. The van der Waals surface area contributed by atoms with Crippen LogP contribution in [-0.4, -0.2) is 13.7 Å². The molecule has 0 aliphatic rings. The van der Waals surface area contributed by atoms with Crippen LogP contribution in [-0.2, 0) is 0 Å². The summed E-state index contributed by atoms with van der Waals surface area (Å²) in [5.41, 5.74) is 2.06. The number of hydrogen-bond acceptors (Lipinski definition) is 3. The first-order valence-electron chi connectivity index (χ1n) is 6.58. The van der Waals surface area contributed by atoms with E-state index in [1.54, 1.807) is 7.11 Å². The molecule has 104 valence electrons. The molecule has 2 aromatic rings. The highest BCUT2D eigenvalue weighted by Gasteiger charge is 2.18. The van der Waals surface area contributed by atoms with E-state index in [1.165, 1.54) is 5.56 Å². The zero-order chi connectivity index (χ0) is 14.0. The number of methoxy groups -OCH3 is 1. The normalized spacial score (nSPS) is 12.9. The highest BCUT2D eigenvalue weighted by Crippen LogP contribution is 2.36. The summed E-state index contributed by atoms with van der Waals surface area (Å²) >= 11 is 3.54. The first-order chi connectivity index (χ1) is 9.08. The van der Waals surface area contributed by atoms with E-state index in [0.717, 1.165) is 39.9 Å². The van der Waals surface area contributed by atoms with Crippen molar-refractivity contribution in [1.82, 2.24) is 5.32 Å². The molecule has 0 saturated heterocycles. The van der Waals surface area contributed by atoms with Gasteiger partial charge in [-0.25, -0.2) is 0 Å². The van der Waals surface area contributed by atoms with Gasteiger partial charge in [0.05, 0.1) is 17.6 Å². The molecule has 3 nitrogen and oxygen atoms in total. The molecule has 4 heteroatoms. The molecule has 1 unspecified atom stereocenters. The molecule has 0 bridgehead atoms. The summed E-state index contributed by atoms with van der Waals surface area (Å²) in [4.78, 5) is 0. The number of fused-ring (bicyclic) bond motifs is 1. The van der Waals surface area contributed by atoms with Gasteiger partial charge in [-0.3, -0.25) is 0 Å². The van der Waals surface area contributed by atoms with Gasteiger partial charge in [0.1, 0.15) is 17.1 Å². The molecular weight excluding hydrogens is 306 g/mol. The molecule has 1 atom stereocenters. The third-order valence-corrected chi connectivity index (χ3v) is 3.92. The Balaban J connectivity index is 2.47. The minimum atomic E-state index is 0.213. The van der Waals surface area contributed by atoms with Crippen LogP contribution in [0.4, 0.5) is 0 Å². The number of hydrogen-bond donors (Lipinski definition) is 1. The van der Waals surface area contributed by atoms with Gasteiger partial charge in [-0.2, -0.15) is 0 Å². The lowest BCUT2D eigenvalue weighted by Gasteiger charge is -2.11. The van der Waals surface area contributed by atoms with Crippen LogP contribution in [0.25, 0.3) is 11.0 Å². The van der Waals surface area contributed by atoms with Gasteiger partial charge >= 0.3 is 0 Å². The summed E-state index contributed by atoms with van der Waals surface area (Å²) in [6.07, 6.45) is 1.11. The topological polar surface area (TPSA) is 34.4 Å². The second-order valence-electron chi connectivity index (χ2n) is 4.75. The van der Waals surface area contributed by atoms with Crippen LogP contribution in [0.2, 0.25) is 0 Å². The zero-order valence-corrected chi connectivity index (χ0v) is 13.4. The van der Waals surface area contributed by atoms with Gasteiger partial charge in [-0.15, -0.1) is 0 Å². The minimum absolute atomic E-state index is 0.213. The van der Waals surface area contributed by atoms with Gasteiger partial charge in [-0.1, -0.05) is 6.92 Å². The highest BCUT2D eigenvalue weighted by molar-refractivity contribution is 9.10. The Morgan fingerprint density at radius 1 is 1.42 bits per heavy atom. The molecule has 2 rings (SSSR count). The maximum atomic E-state index is 6.02.